The molecule has 1 rings (SSSR count). The molecular weight excluding hydrogens is 270 g/mol. The van der Waals surface area contributed by atoms with Crippen LogP contribution in [0.3, 0.4) is 0 Å². The second-order valence-electron chi connectivity index (χ2n) is 5.33. The fourth-order valence-electron chi connectivity index (χ4n) is 2.26. The summed E-state index contributed by atoms with van der Waals surface area (Å²) in [5.41, 5.74) is -0.798. The Morgan fingerprint density at radius 1 is 1.24 bits per heavy atom. The van der Waals surface area contributed by atoms with Gasteiger partial charge in [-0.3, -0.25) is 9.36 Å². The Bertz CT molecular complexity index is 559. The van der Waals surface area contributed by atoms with E-state index >= 15 is 0 Å². The molecule has 1 unspecified atom stereocenters. The molecule has 0 aliphatic carbocycles. The van der Waals surface area contributed by atoms with Crippen LogP contribution in [0.2, 0.25) is 0 Å². The predicted molar refractivity (Wildman–Crippen MR) is 84.8 cm³/mol. The molecular formula is C14H27N5O2. The first-order valence-corrected chi connectivity index (χ1v) is 7.53. The first-order chi connectivity index (χ1) is 9.90. The Balaban J connectivity index is 2.62. The van der Waals surface area contributed by atoms with Gasteiger partial charge in [0, 0.05) is 20.1 Å². The summed E-state index contributed by atoms with van der Waals surface area (Å²) in [7, 11) is 3.00. The van der Waals surface area contributed by atoms with E-state index in [-0.39, 0.29) is 17.4 Å². The molecule has 21 heavy (non-hydrogen) atoms. The molecule has 0 bridgehead atoms. The van der Waals surface area contributed by atoms with Crippen LogP contribution in [0.1, 0.15) is 33.6 Å². The highest BCUT2D eigenvalue weighted by molar-refractivity contribution is 5.30. The number of anilines is 1. The van der Waals surface area contributed by atoms with Crippen molar-refractivity contribution in [2.24, 2.45) is 14.1 Å². The van der Waals surface area contributed by atoms with E-state index in [1.165, 1.54) is 18.8 Å². The van der Waals surface area contributed by atoms with Crippen molar-refractivity contribution in [3.63, 3.8) is 0 Å². The Morgan fingerprint density at radius 3 is 2.43 bits per heavy atom. The van der Waals surface area contributed by atoms with Crippen LogP contribution in [-0.4, -0.2) is 44.9 Å². The maximum Gasteiger partial charge on any atom is 0.346 e. The van der Waals surface area contributed by atoms with E-state index in [1.54, 1.807) is 0 Å². The SMILES string of the molecule is CCN(CC)CCCC(C)Nc1nn(C)c(=O)n(C)c1=O. The van der Waals surface area contributed by atoms with Crippen LogP contribution in [-0.2, 0) is 14.1 Å². The van der Waals surface area contributed by atoms with Gasteiger partial charge in [-0.05, 0) is 39.4 Å². The summed E-state index contributed by atoms with van der Waals surface area (Å²) in [4.78, 5) is 25.9. The molecule has 0 aliphatic heterocycles. The van der Waals surface area contributed by atoms with Gasteiger partial charge in [0.25, 0.3) is 5.56 Å². The zero-order valence-corrected chi connectivity index (χ0v) is 13.7. The quantitative estimate of drug-likeness (QED) is 0.752. The number of nitrogens with one attached hydrogen (secondary N) is 1. The molecule has 0 radical (unpaired) electrons. The molecule has 1 heterocycles. The number of hydrogen-bond acceptors (Lipinski definition) is 5. The van der Waals surface area contributed by atoms with Crippen LogP contribution in [0.5, 0.6) is 0 Å². The third kappa shape index (κ3) is 4.70. The maximum absolute atomic E-state index is 12.0. The highest BCUT2D eigenvalue weighted by Crippen LogP contribution is 2.03. The molecule has 1 aromatic rings. The van der Waals surface area contributed by atoms with Crippen molar-refractivity contribution in [3.05, 3.63) is 20.8 Å². The van der Waals surface area contributed by atoms with Gasteiger partial charge in [0.2, 0.25) is 5.82 Å². The Kier molecular flexibility index (Phi) is 6.61. The average Bonchev–Trinajstić information content (AvgIpc) is 2.47. The Labute approximate surface area is 125 Å². The van der Waals surface area contributed by atoms with Gasteiger partial charge in [-0.1, -0.05) is 13.8 Å². The standard InChI is InChI=1S/C14H27N5O2/c1-6-19(7-2)10-8-9-11(3)15-12-13(20)17(4)14(21)18(5)16-12/h11H,6-10H2,1-5H3,(H,15,16). The summed E-state index contributed by atoms with van der Waals surface area (Å²) in [6, 6.07) is 0.137. The summed E-state index contributed by atoms with van der Waals surface area (Å²) >= 11 is 0. The summed E-state index contributed by atoms with van der Waals surface area (Å²) in [5.74, 6) is 0.231. The number of aromatic nitrogens is 3. The van der Waals surface area contributed by atoms with Crippen molar-refractivity contribution >= 4 is 5.82 Å². The monoisotopic (exact) mass is 297 g/mol. The fraction of sp³-hybridized carbons (Fsp3) is 0.786. The van der Waals surface area contributed by atoms with Crippen LogP contribution in [0.15, 0.2) is 9.59 Å². The lowest BCUT2D eigenvalue weighted by molar-refractivity contribution is 0.295. The second kappa shape index (κ2) is 7.97. The molecule has 120 valence electrons. The molecule has 1 aromatic heterocycles. The van der Waals surface area contributed by atoms with Gasteiger partial charge in [0.15, 0.2) is 0 Å². The molecule has 0 saturated carbocycles. The van der Waals surface area contributed by atoms with Crippen molar-refractivity contribution < 1.29 is 0 Å². The third-order valence-electron chi connectivity index (χ3n) is 3.71. The summed E-state index contributed by atoms with van der Waals surface area (Å²) in [6.45, 7) is 9.50. The van der Waals surface area contributed by atoms with Crippen LogP contribution < -0.4 is 16.6 Å². The normalized spacial score (nSPS) is 12.7. The predicted octanol–water partition coefficient (Wildman–Crippen LogP) is 0.401. The van der Waals surface area contributed by atoms with Gasteiger partial charge >= 0.3 is 5.69 Å². The first kappa shape index (κ1) is 17.4. The van der Waals surface area contributed by atoms with Crippen molar-refractivity contribution in [2.75, 3.05) is 25.0 Å². The smallest absolute Gasteiger partial charge is 0.346 e. The van der Waals surface area contributed by atoms with E-state index in [1.807, 2.05) is 6.92 Å². The fourth-order valence-corrected chi connectivity index (χ4v) is 2.26. The van der Waals surface area contributed by atoms with E-state index < -0.39 is 5.69 Å². The highest BCUT2D eigenvalue weighted by atomic mass is 16.2. The minimum Gasteiger partial charge on any atom is -0.362 e. The van der Waals surface area contributed by atoms with Crippen molar-refractivity contribution in [3.8, 4) is 0 Å². The maximum atomic E-state index is 12.0. The third-order valence-corrected chi connectivity index (χ3v) is 3.71. The van der Waals surface area contributed by atoms with Crippen LogP contribution in [0, 0.1) is 0 Å². The molecule has 0 saturated heterocycles. The Hall–Kier alpha value is -1.63. The van der Waals surface area contributed by atoms with Gasteiger partial charge in [-0.15, -0.1) is 5.10 Å². The zero-order valence-electron chi connectivity index (χ0n) is 13.7. The lowest BCUT2D eigenvalue weighted by Crippen LogP contribution is -2.40. The molecule has 1 atom stereocenters. The van der Waals surface area contributed by atoms with Gasteiger partial charge in [-0.25, -0.2) is 9.48 Å². The average molecular weight is 297 g/mol. The summed E-state index contributed by atoms with van der Waals surface area (Å²) < 4.78 is 2.24. The topological polar surface area (TPSA) is 72.2 Å². The summed E-state index contributed by atoms with van der Waals surface area (Å²) in [5, 5.41) is 7.10. The van der Waals surface area contributed by atoms with Gasteiger partial charge < -0.3 is 10.2 Å². The molecule has 0 fully saturated rings. The van der Waals surface area contributed by atoms with E-state index in [0.29, 0.717) is 0 Å². The molecule has 0 aromatic carbocycles. The molecule has 0 aliphatic rings. The molecule has 0 amide bonds. The summed E-state index contributed by atoms with van der Waals surface area (Å²) in [6.07, 6.45) is 2.01. The van der Waals surface area contributed by atoms with Crippen LogP contribution >= 0.6 is 0 Å². The lowest BCUT2D eigenvalue weighted by Gasteiger charge is -2.20. The van der Waals surface area contributed by atoms with E-state index in [0.717, 1.165) is 37.0 Å². The number of nitrogens with zero attached hydrogens (tertiary/aromatic N) is 4. The minimum absolute atomic E-state index is 0.137. The molecule has 1 N–H and O–H groups in total. The van der Waals surface area contributed by atoms with Crippen LogP contribution in [0.4, 0.5) is 5.82 Å². The zero-order chi connectivity index (χ0) is 16.0. The van der Waals surface area contributed by atoms with Gasteiger partial charge in [-0.2, -0.15) is 0 Å². The number of aryl methyl sites for hydroxylation is 1. The van der Waals surface area contributed by atoms with Crippen LogP contribution in [0.25, 0.3) is 0 Å². The van der Waals surface area contributed by atoms with E-state index in [9.17, 15) is 9.59 Å². The molecule has 0 spiro atoms. The number of hydrogen-bond donors (Lipinski definition) is 1. The second-order valence-corrected chi connectivity index (χ2v) is 5.33. The van der Waals surface area contributed by atoms with E-state index in [2.05, 4.69) is 29.2 Å². The van der Waals surface area contributed by atoms with Crippen molar-refractivity contribution in [1.82, 2.24) is 19.2 Å². The first-order valence-electron chi connectivity index (χ1n) is 7.53. The highest BCUT2D eigenvalue weighted by Gasteiger charge is 2.11. The van der Waals surface area contributed by atoms with Gasteiger partial charge in [0.05, 0.1) is 0 Å². The van der Waals surface area contributed by atoms with Crippen molar-refractivity contribution in [1.29, 1.82) is 0 Å². The largest absolute Gasteiger partial charge is 0.362 e. The van der Waals surface area contributed by atoms with Gasteiger partial charge in [0.1, 0.15) is 0 Å². The molecule has 7 nitrogen and oxygen atoms in total. The Morgan fingerprint density at radius 2 is 1.86 bits per heavy atom. The molecule has 7 heteroatoms. The van der Waals surface area contributed by atoms with Crippen molar-refractivity contribution in [2.45, 2.75) is 39.7 Å². The lowest BCUT2D eigenvalue weighted by atomic mass is 10.2. The van der Waals surface area contributed by atoms with E-state index in [4.69, 9.17) is 0 Å². The number of rotatable bonds is 8. The minimum atomic E-state index is -0.417.